The lowest BCUT2D eigenvalue weighted by Gasteiger charge is -2.05. The van der Waals surface area contributed by atoms with Crippen LogP contribution in [0.3, 0.4) is 0 Å². The molecule has 0 fully saturated rings. The van der Waals surface area contributed by atoms with E-state index < -0.39 is 0 Å². The Labute approximate surface area is 139 Å². The number of aromatic nitrogens is 3. The van der Waals surface area contributed by atoms with Gasteiger partial charge in [-0.25, -0.2) is 9.97 Å². The largest absolute Gasteiger partial charge is 0.352 e. The van der Waals surface area contributed by atoms with Gasteiger partial charge in [0.25, 0.3) is 5.91 Å². The summed E-state index contributed by atoms with van der Waals surface area (Å²) in [6, 6.07) is 15.7. The van der Waals surface area contributed by atoms with Crippen LogP contribution in [0.4, 0.5) is 0 Å². The van der Waals surface area contributed by atoms with E-state index in [1.807, 2.05) is 66.1 Å². The first kappa shape index (κ1) is 14.4. The van der Waals surface area contributed by atoms with Gasteiger partial charge in [-0.05, 0) is 19.1 Å². The van der Waals surface area contributed by atoms with Crippen LogP contribution in [0, 0.1) is 0 Å². The summed E-state index contributed by atoms with van der Waals surface area (Å²) in [5.41, 5.74) is 3.92. The molecule has 0 bridgehead atoms. The van der Waals surface area contributed by atoms with Gasteiger partial charge in [0.15, 0.2) is 0 Å². The van der Waals surface area contributed by atoms with Crippen molar-refractivity contribution >= 4 is 22.5 Å². The van der Waals surface area contributed by atoms with Gasteiger partial charge >= 0.3 is 0 Å². The third-order valence-corrected chi connectivity index (χ3v) is 4.03. The van der Waals surface area contributed by atoms with Gasteiger partial charge in [0.1, 0.15) is 12.0 Å². The molecule has 5 heteroatoms. The number of benzene rings is 1. The van der Waals surface area contributed by atoms with E-state index >= 15 is 0 Å². The van der Waals surface area contributed by atoms with Crippen LogP contribution in [-0.4, -0.2) is 26.8 Å². The van der Waals surface area contributed by atoms with Crippen LogP contribution in [0.25, 0.3) is 27.8 Å². The first-order chi connectivity index (χ1) is 11.8. The molecule has 1 aromatic carbocycles. The monoisotopic (exact) mass is 316 g/mol. The highest BCUT2D eigenvalue weighted by molar-refractivity contribution is 6.16. The number of nitrogens with one attached hydrogen (secondary N) is 1. The van der Waals surface area contributed by atoms with Crippen molar-refractivity contribution in [3.05, 3.63) is 66.6 Å². The van der Waals surface area contributed by atoms with Gasteiger partial charge in [-0.3, -0.25) is 4.79 Å². The highest BCUT2D eigenvalue weighted by Gasteiger charge is 2.22. The van der Waals surface area contributed by atoms with Gasteiger partial charge in [0.2, 0.25) is 0 Å². The maximum absolute atomic E-state index is 12.7. The summed E-state index contributed by atoms with van der Waals surface area (Å²) in [6.45, 7) is 2.48. The molecule has 0 atom stereocenters. The van der Waals surface area contributed by atoms with E-state index in [9.17, 15) is 4.79 Å². The molecule has 24 heavy (non-hydrogen) atoms. The van der Waals surface area contributed by atoms with E-state index in [0.717, 1.165) is 27.8 Å². The normalized spacial score (nSPS) is 11.0. The van der Waals surface area contributed by atoms with Crippen LogP contribution in [0.5, 0.6) is 0 Å². The molecule has 3 heterocycles. The number of pyridine rings is 1. The molecule has 0 radical (unpaired) electrons. The second-order valence-corrected chi connectivity index (χ2v) is 5.48. The van der Waals surface area contributed by atoms with Crippen molar-refractivity contribution in [1.82, 2.24) is 19.7 Å². The molecule has 0 aliphatic heterocycles. The van der Waals surface area contributed by atoms with Crippen molar-refractivity contribution < 1.29 is 4.79 Å². The number of carbonyl (C=O) groups excluding carboxylic acids is 1. The Morgan fingerprint density at radius 1 is 1.08 bits per heavy atom. The number of nitrogens with zero attached hydrogens (tertiary/aromatic N) is 3. The minimum Gasteiger partial charge on any atom is -0.352 e. The van der Waals surface area contributed by atoms with Crippen LogP contribution in [0.1, 0.15) is 17.3 Å². The van der Waals surface area contributed by atoms with Crippen molar-refractivity contribution in [1.29, 1.82) is 0 Å². The first-order valence-corrected chi connectivity index (χ1v) is 7.88. The van der Waals surface area contributed by atoms with Crippen LogP contribution in [-0.2, 0) is 0 Å². The number of hydrogen-bond acceptors (Lipinski definition) is 3. The number of amides is 1. The summed E-state index contributed by atoms with van der Waals surface area (Å²) in [6.07, 6.45) is 3.47. The van der Waals surface area contributed by atoms with Crippen molar-refractivity contribution in [2.75, 3.05) is 6.54 Å². The molecule has 0 saturated carbocycles. The number of rotatable bonds is 3. The summed E-state index contributed by atoms with van der Waals surface area (Å²) in [5, 5.41) is 3.68. The molecule has 4 rings (SSSR count). The fourth-order valence-corrected chi connectivity index (χ4v) is 3.04. The quantitative estimate of drug-likeness (QED) is 0.631. The maximum Gasteiger partial charge on any atom is 0.254 e. The summed E-state index contributed by atoms with van der Waals surface area (Å²) >= 11 is 0. The van der Waals surface area contributed by atoms with E-state index in [1.165, 1.54) is 0 Å². The molecule has 0 aliphatic carbocycles. The third-order valence-electron chi connectivity index (χ3n) is 4.03. The predicted octanol–water partition coefficient (Wildman–Crippen LogP) is 3.30. The fourth-order valence-electron chi connectivity index (χ4n) is 3.04. The Morgan fingerprint density at radius 3 is 2.67 bits per heavy atom. The topological polar surface area (TPSA) is 59.3 Å². The SMILES string of the molecule is CCNC(=O)c1c2c(-c3ccccc3)ncnc2n2ccccc12. The third kappa shape index (κ3) is 2.13. The summed E-state index contributed by atoms with van der Waals surface area (Å²) in [5.74, 6) is -0.108. The highest BCUT2D eigenvalue weighted by atomic mass is 16.1. The Balaban J connectivity index is 2.15. The van der Waals surface area contributed by atoms with Gasteiger partial charge in [-0.2, -0.15) is 0 Å². The van der Waals surface area contributed by atoms with E-state index in [2.05, 4.69) is 15.3 Å². The Hall–Kier alpha value is -3.21. The minimum absolute atomic E-state index is 0.108. The number of hydrogen-bond donors (Lipinski definition) is 1. The van der Waals surface area contributed by atoms with E-state index in [-0.39, 0.29) is 5.91 Å². The lowest BCUT2D eigenvalue weighted by molar-refractivity contribution is 0.0959. The van der Waals surface area contributed by atoms with Gasteiger partial charge in [-0.1, -0.05) is 36.4 Å². The van der Waals surface area contributed by atoms with Gasteiger partial charge in [-0.15, -0.1) is 0 Å². The Bertz CT molecular complexity index is 1040. The Morgan fingerprint density at radius 2 is 1.88 bits per heavy atom. The highest BCUT2D eigenvalue weighted by Crippen LogP contribution is 2.32. The Kier molecular flexibility index (Phi) is 3.46. The lowest BCUT2D eigenvalue weighted by Crippen LogP contribution is -2.22. The molecule has 3 aromatic heterocycles. The average Bonchev–Trinajstić information content (AvgIpc) is 2.97. The summed E-state index contributed by atoms with van der Waals surface area (Å²) < 4.78 is 1.94. The smallest absolute Gasteiger partial charge is 0.254 e. The second-order valence-electron chi connectivity index (χ2n) is 5.48. The van der Waals surface area contributed by atoms with E-state index in [4.69, 9.17) is 0 Å². The van der Waals surface area contributed by atoms with Crippen LogP contribution < -0.4 is 5.32 Å². The fraction of sp³-hybridized carbons (Fsp3) is 0.105. The van der Waals surface area contributed by atoms with Crippen molar-refractivity contribution in [3.63, 3.8) is 0 Å². The zero-order valence-corrected chi connectivity index (χ0v) is 13.2. The molecule has 118 valence electrons. The minimum atomic E-state index is -0.108. The lowest BCUT2D eigenvalue weighted by atomic mass is 10.1. The molecule has 0 saturated heterocycles. The molecular formula is C19H16N4O. The van der Waals surface area contributed by atoms with Crippen LogP contribution in [0.15, 0.2) is 61.1 Å². The number of carbonyl (C=O) groups is 1. The molecule has 0 spiro atoms. The standard InChI is InChI=1S/C19H16N4O/c1-2-20-19(24)15-14-10-6-7-11-23(14)18-16(15)17(21-12-22-18)13-8-4-3-5-9-13/h3-12H,2H2,1H3,(H,20,24). The van der Waals surface area contributed by atoms with Gasteiger partial charge in [0, 0.05) is 18.3 Å². The maximum atomic E-state index is 12.7. The van der Waals surface area contributed by atoms with Crippen molar-refractivity contribution in [2.45, 2.75) is 6.92 Å². The summed E-state index contributed by atoms with van der Waals surface area (Å²) in [7, 11) is 0. The molecule has 1 N–H and O–H groups in total. The molecule has 0 unspecified atom stereocenters. The molecule has 1 amide bonds. The molecule has 5 nitrogen and oxygen atoms in total. The molecule has 0 aliphatic rings. The number of fused-ring (bicyclic) bond motifs is 3. The average molecular weight is 316 g/mol. The summed E-state index contributed by atoms with van der Waals surface area (Å²) in [4.78, 5) is 21.6. The van der Waals surface area contributed by atoms with E-state index in [1.54, 1.807) is 6.33 Å². The molecule has 4 aromatic rings. The first-order valence-electron chi connectivity index (χ1n) is 7.88. The zero-order chi connectivity index (χ0) is 16.5. The second kappa shape index (κ2) is 5.77. The van der Waals surface area contributed by atoms with Crippen molar-refractivity contribution in [3.8, 4) is 11.3 Å². The van der Waals surface area contributed by atoms with Gasteiger partial charge < -0.3 is 9.72 Å². The van der Waals surface area contributed by atoms with Crippen LogP contribution >= 0.6 is 0 Å². The zero-order valence-electron chi connectivity index (χ0n) is 13.2. The van der Waals surface area contributed by atoms with Crippen LogP contribution in [0.2, 0.25) is 0 Å². The predicted molar refractivity (Wildman–Crippen MR) is 93.9 cm³/mol. The van der Waals surface area contributed by atoms with E-state index in [0.29, 0.717) is 12.1 Å². The molecular weight excluding hydrogens is 300 g/mol. The van der Waals surface area contributed by atoms with Gasteiger partial charge in [0.05, 0.1) is 22.2 Å². The van der Waals surface area contributed by atoms with Crippen molar-refractivity contribution in [2.24, 2.45) is 0 Å².